The summed E-state index contributed by atoms with van der Waals surface area (Å²) in [6, 6.07) is 0. The highest BCUT2D eigenvalue weighted by Gasteiger charge is 2.13. The maximum Gasteiger partial charge on any atom is 0.230 e. The fraction of sp³-hybridized carbons (Fsp3) is 0.500. The van der Waals surface area contributed by atoms with Gasteiger partial charge in [0.2, 0.25) is 5.91 Å². The lowest BCUT2D eigenvalue weighted by Gasteiger charge is -2.01. The minimum absolute atomic E-state index is 0.204. The second-order valence-electron chi connectivity index (χ2n) is 2.78. The van der Waals surface area contributed by atoms with Crippen LogP contribution < -0.4 is 5.73 Å². The monoisotopic (exact) mass is 216 g/mol. The molecule has 72 valence electrons. The Morgan fingerprint density at radius 2 is 2.23 bits per heavy atom. The van der Waals surface area contributed by atoms with Crippen LogP contribution in [0.4, 0.5) is 0 Å². The number of aryl methyl sites for hydroxylation is 2. The normalized spacial score (nSPS) is 12.8. The van der Waals surface area contributed by atoms with Crippen LogP contribution >= 0.6 is 23.1 Å². The average Bonchev–Trinajstić information content (AvgIpc) is 2.31. The van der Waals surface area contributed by atoms with E-state index in [1.807, 2.05) is 13.8 Å². The fourth-order valence-electron chi connectivity index (χ4n) is 0.703. The first kappa shape index (κ1) is 10.5. The van der Waals surface area contributed by atoms with Crippen LogP contribution in [-0.2, 0) is 4.79 Å². The van der Waals surface area contributed by atoms with Crippen molar-refractivity contribution in [1.82, 2.24) is 4.98 Å². The number of carbonyl (C=O) groups is 1. The van der Waals surface area contributed by atoms with Crippen molar-refractivity contribution in [3.63, 3.8) is 0 Å². The van der Waals surface area contributed by atoms with Crippen molar-refractivity contribution < 1.29 is 4.79 Å². The van der Waals surface area contributed by atoms with Crippen LogP contribution in [-0.4, -0.2) is 16.1 Å². The summed E-state index contributed by atoms with van der Waals surface area (Å²) in [6.45, 7) is 5.77. The van der Waals surface area contributed by atoms with Crippen molar-refractivity contribution in [1.29, 1.82) is 0 Å². The molecule has 0 bridgehead atoms. The van der Waals surface area contributed by atoms with E-state index in [1.165, 1.54) is 16.6 Å². The van der Waals surface area contributed by atoms with E-state index in [2.05, 4.69) is 4.98 Å². The molecule has 0 aliphatic carbocycles. The minimum atomic E-state index is -0.296. The van der Waals surface area contributed by atoms with Crippen LogP contribution in [0.5, 0.6) is 0 Å². The quantitative estimate of drug-likeness (QED) is 0.783. The number of hydrogen-bond acceptors (Lipinski definition) is 4. The number of nitrogens with two attached hydrogens (primary N) is 1. The van der Waals surface area contributed by atoms with Crippen molar-refractivity contribution >= 4 is 29.0 Å². The van der Waals surface area contributed by atoms with Crippen molar-refractivity contribution in [2.45, 2.75) is 30.4 Å². The Balaban J connectivity index is 2.69. The van der Waals surface area contributed by atoms with E-state index in [1.54, 1.807) is 18.3 Å². The molecular formula is C8H12N2OS2. The summed E-state index contributed by atoms with van der Waals surface area (Å²) >= 11 is 3.02. The first-order chi connectivity index (χ1) is 6.00. The lowest BCUT2D eigenvalue weighted by atomic mass is 10.4. The standard InChI is InChI=1S/C8H12N2OS2/c1-4-5(2)12-8(10-4)13-6(3)7(9)11/h6H,1-3H3,(H2,9,11). The Morgan fingerprint density at radius 1 is 1.62 bits per heavy atom. The molecule has 3 nitrogen and oxygen atoms in total. The van der Waals surface area contributed by atoms with Crippen molar-refractivity contribution in [2.24, 2.45) is 5.73 Å². The molecule has 0 spiro atoms. The Bertz CT molecular complexity index is 302. The van der Waals surface area contributed by atoms with Gasteiger partial charge in [-0.15, -0.1) is 11.3 Å². The van der Waals surface area contributed by atoms with E-state index in [0.717, 1.165) is 10.0 Å². The smallest absolute Gasteiger partial charge is 0.230 e. The van der Waals surface area contributed by atoms with Crippen LogP contribution in [0.2, 0.25) is 0 Å². The molecule has 1 aromatic heterocycles. The molecule has 1 heterocycles. The average molecular weight is 216 g/mol. The summed E-state index contributed by atoms with van der Waals surface area (Å²) in [5.74, 6) is -0.296. The molecule has 13 heavy (non-hydrogen) atoms. The van der Waals surface area contributed by atoms with E-state index >= 15 is 0 Å². The molecule has 5 heteroatoms. The third kappa shape index (κ3) is 2.70. The predicted octanol–water partition coefficient (Wildman–Crippen LogP) is 1.73. The van der Waals surface area contributed by atoms with Crippen molar-refractivity contribution in [3.8, 4) is 0 Å². The number of aromatic nitrogens is 1. The van der Waals surface area contributed by atoms with Crippen molar-refractivity contribution in [3.05, 3.63) is 10.6 Å². The summed E-state index contributed by atoms with van der Waals surface area (Å²) in [5.41, 5.74) is 6.18. The molecule has 0 fully saturated rings. The van der Waals surface area contributed by atoms with Gasteiger partial charge >= 0.3 is 0 Å². The molecule has 0 aliphatic heterocycles. The summed E-state index contributed by atoms with van der Waals surface area (Å²) in [7, 11) is 0. The summed E-state index contributed by atoms with van der Waals surface area (Å²) in [6.07, 6.45) is 0. The van der Waals surface area contributed by atoms with Crippen LogP contribution in [0.15, 0.2) is 4.34 Å². The molecule has 1 aromatic rings. The van der Waals surface area contributed by atoms with Crippen LogP contribution in [0.25, 0.3) is 0 Å². The van der Waals surface area contributed by atoms with Crippen LogP contribution in [0.3, 0.4) is 0 Å². The highest BCUT2D eigenvalue weighted by Crippen LogP contribution is 2.29. The molecule has 0 radical (unpaired) electrons. The van der Waals surface area contributed by atoms with Gasteiger partial charge in [0.25, 0.3) is 0 Å². The zero-order valence-corrected chi connectivity index (χ0v) is 9.46. The number of thiazole rings is 1. The minimum Gasteiger partial charge on any atom is -0.369 e. The molecule has 0 saturated carbocycles. The first-order valence-electron chi connectivity index (χ1n) is 3.90. The van der Waals surface area contributed by atoms with Gasteiger partial charge in [0.05, 0.1) is 10.9 Å². The summed E-state index contributed by atoms with van der Waals surface area (Å²) in [5, 5.41) is -0.204. The van der Waals surface area contributed by atoms with Gasteiger partial charge in [-0.05, 0) is 20.8 Å². The van der Waals surface area contributed by atoms with Crippen LogP contribution in [0, 0.1) is 13.8 Å². The number of rotatable bonds is 3. The number of thioether (sulfide) groups is 1. The zero-order valence-electron chi connectivity index (χ0n) is 7.83. The lowest BCUT2D eigenvalue weighted by molar-refractivity contribution is -0.117. The van der Waals surface area contributed by atoms with E-state index in [4.69, 9.17) is 5.73 Å². The molecule has 2 N–H and O–H groups in total. The Labute approximate surface area is 85.7 Å². The maximum atomic E-state index is 10.8. The molecular weight excluding hydrogens is 204 g/mol. The lowest BCUT2D eigenvalue weighted by Crippen LogP contribution is -2.22. The van der Waals surface area contributed by atoms with E-state index in [-0.39, 0.29) is 11.2 Å². The first-order valence-corrected chi connectivity index (χ1v) is 5.60. The fourth-order valence-corrected chi connectivity index (χ4v) is 2.95. The summed E-state index contributed by atoms with van der Waals surface area (Å²) < 4.78 is 0.918. The molecule has 1 rings (SSSR count). The second-order valence-corrected chi connectivity index (χ2v) is 5.57. The number of amides is 1. The topological polar surface area (TPSA) is 56.0 Å². The largest absolute Gasteiger partial charge is 0.369 e. The molecule has 0 aliphatic rings. The third-order valence-corrected chi connectivity index (χ3v) is 3.97. The van der Waals surface area contributed by atoms with E-state index in [0.29, 0.717) is 0 Å². The third-order valence-electron chi connectivity index (χ3n) is 1.69. The Hall–Kier alpha value is -0.550. The van der Waals surface area contributed by atoms with Gasteiger partial charge < -0.3 is 5.73 Å². The van der Waals surface area contributed by atoms with Gasteiger partial charge in [-0.1, -0.05) is 11.8 Å². The van der Waals surface area contributed by atoms with E-state index in [9.17, 15) is 4.79 Å². The SMILES string of the molecule is Cc1nc(SC(C)C(N)=O)sc1C. The number of hydrogen-bond donors (Lipinski definition) is 1. The van der Waals surface area contributed by atoms with Crippen molar-refractivity contribution in [2.75, 3.05) is 0 Å². The van der Waals surface area contributed by atoms with Gasteiger partial charge in [-0.25, -0.2) is 4.98 Å². The van der Waals surface area contributed by atoms with E-state index < -0.39 is 0 Å². The maximum absolute atomic E-state index is 10.8. The molecule has 1 amide bonds. The van der Waals surface area contributed by atoms with Gasteiger partial charge in [0.1, 0.15) is 0 Å². The predicted molar refractivity (Wildman–Crippen MR) is 56.1 cm³/mol. The molecule has 1 unspecified atom stereocenters. The second kappa shape index (κ2) is 4.11. The number of primary amides is 1. The van der Waals surface area contributed by atoms with Crippen LogP contribution in [0.1, 0.15) is 17.5 Å². The van der Waals surface area contributed by atoms with Gasteiger partial charge in [-0.3, -0.25) is 4.79 Å². The Kier molecular flexibility index (Phi) is 3.33. The Morgan fingerprint density at radius 3 is 2.62 bits per heavy atom. The van der Waals surface area contributed by atoms with Gasteiger partial charge in [-0.2, -0.15) is 0 Å². The zero-order chi connectivity index (χ0) is 10.0. The highest BCUT2D eigenvalue weighted by atomic mass is 32.2. The molecule has 1 atom stereocenters. The number of nitrogens with zero attached hydrogens (tertiary/aromatic N) is 1. The highest BCUT2D eigenvalue weighted by molar-refractivity contribution is 8.02. The molecule has 0 saturated heterocycles. The number of carbonyl (C=O) groups excluding carboxylic acids is 1. The van der Waals surface area contributed by atoms with Gasteiger partial charge in [0, 0.05) is 4.88 Å². The molecule has 0 aromatic carbocycles. The summed E-state index contributed by atoms with van der Waals surface area (Å²) in [4.78, 5) is 16.3. The van der Waals surface area contributed by atoms with Gasteiger partial charge in [0.15, 0.2) is 4.34 Å².